The van der Waals surface area contributed by atoms with E-state index in [0.29, 0.717) is 59.1 Å². The van der Waals surface area contributed by atoms with E-state index in [4.69, 9.17) is 11.6 Å². The molecule has 1 fully saturated rings. The lowest BCUT2D eigenvalue weighted by Crippen LogP contribution is -2.49. The van der Waals surface area contributed by atoms with E-state index in [-0.39, 0.29) is 17.4 Å². The van der Waals surface area contributed by atoms with Crippen LogP contribution in [0.4, 0.5) is 14.9 Å². The summed E-state index contributed by atoms with van der Waals surface area (Å²) in [5, 5.41) is 8.45. The first-order valence-corrected chi connectivity index (χ1v) is 11.8. The number of carbonyl (C=O) groups excluding carboxylic acids is 1. The Hall–Kier alpha value is -3.34. The van der Waals surface area contributed by atoms with Crippen LogP contribution in [0.1, 0.15) is 5.69 Å². The van der Waals surface area contributed by atoms with E-state index >= 15 is 0 Å². The Morgan fingerprint density at radius 3 is 2.59 bits per heavy atom. The zero-order valence-electron chi connectivity index (χ0n) is 17.9. The van der Waals surface area contributed by atoms with Crippen molar-refractivity contribution in [3.8, 4) is 10.6 Å². The molecule has 0 spiro atoms. The molecule has 0 atom stereocenters. The van der Waals surface area contributed by atoms with Gasteiger partial charge in [0.05, 0.1) is 5.69 Å². The van der Waals surface area contributed by atoms with E-state index < -0.39 is 0 Å². The fourth-order valence-electron chi connectivity index (χ4n) is 3.75. The summed E-state index contributed by atoms with van der Waals surface area (Å²) in [6.45, 7) is 2.87. The first-order chi connectivity index (χ1) is 16.4. The van der Waals surface area contributed by atoms with Gasteiger partial charge in [-0.05, 0) is 36.4 Å². The number of nitrogens with zero attached hydrogens (tertiary/aromatic N) is 5. The molecule has 4 aromatic rings. The van der Waals surface area contributed by atoms with E-state index in [1.807, 2.05) is 12.1 Å². The minimum atomic E-state index is -0.350. The highest BCUT2D eigenvalue weighted by Gasteiger charge is 2.22. The lowest BCUT2D eigenvalue weighted by molar-refractivity contribution is 0.142. The molecule has 1 N–H and O–H groups in total. The van der Waals surface area contributed by atoms with Gasteiger partial charge in [-0.1, -0.05) is 35.1 Å². The van der Waals surface area contributed by atoms with Crippen LogP contribution < -0.4 is 10.9 Å². The third-order valence-corrected chi connectivity index (χ3v) is 6.70. The number of rotatable bonds is 4. The Balaban J connectivity index is 1.23. The minimum absolute atomic E-state index is 0.220. The molecule has 0 unspecified atom stereocenters. The lowest BCUT2D eigenvalue weighted by atomic mass is 10.2. The molecule has 11 heteroatoms. The topological polar surface area (TPSA) is 82.8 Å². The number of aromatic nitrogens is 3. The highest BCUT2D eigenvalue weighted by Crippen LogP contribution is 2.26. The monoisotopic (exact) mass is 498 g/mol. The summed E-state index contributed by atoms with van der Waals surface area (Å²) in [5.74, 6) is -0.350. The van der Waals surface area contributed by atoms with Crippen molar-refractivity contribution in [2.45, 2.75) is 6.54 Å². The highest BCUT2D eigenvalue weighted by molar-refractivity contribution is 7.19. The molecule has 2 aromatic carbocycles. The Morgan fingerprint density at radius 2 is 1.85 bits per heavy atom. The van der Waals surface area contributed by atoms with Crippen molar-refractivity contribution in [3.63, 3.8) is 0 Å². The number of hydrogen-bond donors (Lipinski definition) is 1. The first-order valence-electron chi connectivity index (χ1n) is 10.6. The second-order valence-electron chi connectivity index (χ2n) is 7.90. The standard InChI is InChI=1S/C23H20ClFN6O2S/c24-16-3-1-2-15(12-16)21-28-31-20(32)13-19(27-23(31)34-21)14-29-8-10-30(11-9-29)22(33)26-18-6-4-17(25)5-7-18/h1-7,12-13H,8-11,14H2,(H,26,33). The van der Waals surface area contributed by atoms with Crippen LogP contribution >= 0.6 is 22.9 Å². The van der Waals surface area contributed by atoms with E-state index in [0.717, 1.165) is 5.56 Å². The van der Waals surface area contributed by atoms with Gasteiger partial charge in [-0.2, -0.15) is 9.61 Å². The summed E-state index contributed by atoms with van der Waals surface area (Å²) in [7, 11) is 0. The lowest BCUT2D eigenvalue weighted by Gasteiger charge is -2.34. The zero-order chi connectivity index (χ0) is 23.7. The number of piperazine rings is 1. The van der Waals surface area contributed by atoms with Gasteiger partial charge in [0.25, 0.3) is 5.56 Å². The maximum absolute atomic E-state index is 13.0. The van der Waals surface area contributed by atoms with Gasteiger partial charge in [0.2, 0.25) is 4.96 Å². The smallest absolute Gasteiger partial charge is 0.321 e. The number of nitrogens with one attached hydrogen (secondary N) is 1. The molecule has 1 aliphatic heterocycles. The van der Waals surface area contributed by atoms with Gasteiger partial charge in [0.1, 0.15) is 10.8 Å². The van der Waals surface area contributed by atoms with Gasteiger partial charge in [-0.3, -0.25) is 9.69 Å². The summed E-state index contributed by atoms with van der Waals surface area (Å²) in [6.07, 6.45) is 0. The molecule has 2 amide bonds. The number of carbonyl (C=O) groups is 1. The van der Waals surface area contributed by atoms with E-state index in [1.54, 1.807) is 17.0 Å². The van der Waals surface area contributed by atoms with Crippen LogP contribution in [0.15, 0.2) is 59.4 Å². The van der Waals surface area contributed by atoms with E-state index in [9.17, 15) is 14.0 Å². The Morgan fingerprint density at radius 1 is 1.09 bits per heavy atom. The summed E-state index contributed by atoms with van der Waals surface area (Å²) < 4.78 is 14.4. The predicted octanol–water partition coefficient (Wildman–Crippen LogP) is 3.96. The molecule has 3 heterocycles. The third-order valence-electron chi connectivity index (χ3n) is 5.51. The number of amides is 2. The molecular weight excluding hydrogens is 479 g/mol. The Kier molecular flexibility index (Phi) is 6.27. The van der Waals surface area contributed by atoms with E-state index in [2.05, 4.69) is 20.3 Å². The predicted molar refractivity (Wildman–Crippen MR) is 130 cm³/mol. The largest absolute Gasteiger partial charge is 0.322 e. The summed E-state index contributed by atoms with van der Waals surface area (Å²) in [6, 6.07) is 14.3. The van der Waals surface area contributed by atoms with Crippen molar-refractivity contribution in [2.75, 3.05) is 31.5 Å². The average molecular weight is 499 g/mol. The molecule has 0 saturated carbocycles. The van der Waals surface area contributed by atoms with Crippen LogP contribution in [0.25, 0.3) is 15.5 Å². The van der Waals surface area contributed by atoms with Gasteiger partial charge in [-0.25, -0.2) is 14.2 Å². The molecular formula is C23H20ClFN6O2S. The minimum Gasteiger partial charge on any atom is -0.322 e. The fourth-order valence-corrected chi connectivity index (χ4v) is 4.86. The summed E-state index contributed by atoms with van der Waals surface area (Å²) >= 11 is 7.41. The molecule has 1 saturated heterocycles. The number of hydrogen-bond acceptors (Lipinski definition) is 6. The average Bonchev–Trinajstić information content (AvgIpc) is 3.26. The Bertz CT molecular complexity index is 1400. The van der Waals surface area contributed by atoms with Gasteiger partial charge in [0, 0.05) is 55.1 Å². The molecule has 174 valence electrons. The number of benzene rings is 2. The molecule has 2 aromatic heterocycles. The third kappa shape index (κ3) is 4.93. The number of anilines is 1. The van der Waals surface area contributed by atoms with Crippen molar-refractivity contribution < 1.29 is 9.18 Å². The van der Waals surface area contributed by atoms with Crippen LogP contribution in [0.5, 0.6) is 0 Å². The first kappa shape index (κ1) is 22.5. The van der Waals surface area contributed by atoms with Gasteiger partial charge in [-0.15, -0.1) is 0 Å². The number of halogens is 2. The molecule has 8 nitrogen and oxygen atoms in total. The van der Waals surface area contributed by atoms with Crippen molar-refractivity contribution in [1.29, 1.82) is 0 Å². The van der Waals surface area contributed by atoms with Crippen LogP contribution in [-0.2, 0) is 6.54 Å². The van der Waals surface area contributed by atoms with Crippen molar-refractivity contribution >= 4 is 39.6 Å². The maximum Gasteiger partial charge on any atom is 0.321 e. The second-order valence-corrected chi connectivity index (χ2v) is 9.29. The molecule has 34 heavy (non-hydrogen) atoms. The normalized spacial score (nSPS) is 14.5. The molecule has 5 rings (SSSR count). The molecule has 0 bridgehead atoms. The quantitative estimate of drug-likeness (QED) is 0.460. The van der Waals surface area contributed by atoms with E-state index in [1.165, 1.54) is 46.2 Å². The van der Waals surface area contributed by atoms with Crippen molar-refractivity contribution in [2.24, 2.45) is 0 Å². The summed E-state index contributed by atoms with van der Waals surface area (Å²) in [4.78, 5) is 34.1. The molecule has 1 aliphatic rings. The van der Waals surface area contributed by atoms with Crippen LogP contribution in [0.2, 0.25) is 5.02 Å². The fraction of sp³-hybridized carbons (Fsp3) is 0.217. The van der Waals surface area contributed by atoms with Crippen LogP contribution in [0, 0.1) is 5.82 Å². The molecule has 0 radical (unpaired) electrons. The molecule has 0 aliphatic carbocycles. The SMILES string of the molecule is O=C(Nc1ccc(F)cc1)N1CCN(Cc2cc(=O)n3nc(-c4cccc(Cl)c4)sc3n2)CC1. The van der Waals surface area contributed by atoms with Gasteiger partial charge < -0.3 is 10.2 Å². The number of urea groups is 1. The van der Waals surface area contributed by atoms with Crippen LogP contribution in [0.3, 0.4) is 0 Å². The van der Waals surface area contributed by atoms with Gasteiger partial charge >= 0.3 is 6.03 Å². The number of fused-ring (bicyclic) bond motifs is 1. The summed E-state index contributed by atoms with van der Waals surface area (Å²) in [5.41, 5.74) is 1.81. The zero-order valence-corrected chi connectivity index (χ0v) is 19.5. The van der Waals surface area contributed by atoms with Gasteiger partial charge in [0.15, 0.2) is 0 Å². The highest BCUT2D eigenvalue weighted by atomic mass is 35.5. The van der Waals surface area contributed by atoms with Crippen molar-refractivity contribution in [3.05, 3.63) is 81.5 Å². The Labute approximate surface area is 203 Å². The van der Waals surface area contributed by atoms with Crippen LogP contribution in [-0.4, -0.2) is 56.6 Å². The van der Waals surface area contributed by atoms with Crippen molar-refractivity contribution in [1.82, 2.24) is 24.4 Å². The maximum atomic E-state index is 13.0. The second kappa shape index (κ2) is 9.49.